The van der Waals surface area contributed by atoms with Crippen molar-refractivity contribution in [3.8, 4) is 0 Å². The molecule has 8 heteroatoms. The SMILES string of the molecule is NC(=O)c1cc([N+](=O)[O-])ccc1NC1CC(=O)N(C2CC2)C1. The van der Waals surface area contributed by atoms with Gasteiger partial charge in [-0.1, -0.05) is 0 Å². The van der Waals surface area contributed by atoms with Crippen molar-refractivity contribution in [1.29, 1.82) is 0 Å². The van der Waals surface area contributed by atoms with Gasteiger partial charge in [-0.05, 0) is 18.9 Å². The molecule has 2 amide bonds. The molecule has 8 nitrogen and oxygen atoms in total. The van der Waals surface area contributed by atoms with Crippen LogP contribution < -0.4 is 11.1 Å². The minimum atomic E-state index is -0.741. The number of non-ortho nitro benzene ring substituents is 1. The van der Waals surface area contributed by atoms with Gasteiger partial charge in [0.15, 0.2) is 0 Å². The molecule has 22 heavy (non-hydrogen) atoms. The third kappa shape index (κ3) is 2.72. The number of primary amides is 1. The third-order valence-electron chi connectivity index (χ3n) is 3.99. The summed E-state index contributed by atoms with van der Waals surface area (Å²) in [4.78, 5) is 35.5. The standard InChI is InChI=1S/C14H16N4O4/c15-14(20)11-6-10(18(21)22)3-4-12(11)16-8-5-13(19)17(7-8)9-1-2-9/h3-4,6,8-9,16H,1-2,5,7H2,(H2,15,20). The molecule has 1 atom stereocenters. The highest BCUT2D eigenvalue weighted by Gasteiger charge is 2.39. The Morgan fingerprint density at radius 1 is 1.41 bits per heavy atom. The fourth-order valence-corrected chi connectivity index (χ4v) is 2.76. The molecule has 0 bridgehead atoms. The second kappa shape index (κ2) is 5.28. The van der Waals surface area contributed by atoms with Crippen LogP contribution in [-0.2, 0) is 4.79 Å². The molecule has 3 rings (SSSR count). The molecular formula is C14H16N4O4. The summed E-state index contributed by atoms with van der Waals surface area (Å²) < 4.78 is 0. The lowest BCUT2D eigenvalue weighted by Crippen LogP contribution is -2.30. The predicted molar refractivity (Wildman–Crippen MR) is 78.4 cm³/mol. The lowest BCUT2D eigenvalue weighted by atomic mass is 10.1. The number of carbonyl (C=O) groups is 2. The van der Waals surface area contributed by atoms with E-state index in [0.29, 0.717) is 24.7 Å². The molecule has 0 spiro atoms. The highest BCUT2D eigenvalue weighted by atomic mass is 16.6. The number of hydrogen-bond acceptors (Lipinski definition) is 5. The van der Waals surface area contributed by atoms with E-state index in [1.807, 2.05) is 4.90 Å². The molecule has 1 saturated carbocycles. The molecule has 2 aliphatic rings. The highest BCUT2D eigenvalue weighted by molar-refractivity contribution is 5.99. The van der Waals surface area contributed by atoms with E-state index in [-0.39, 0.29) is 23.2 Å². The summed E-state index contributed by atoms with van der Waals surface area (Å²) in [5, 5.41) is 13.9. The van der Waals surface area contributed by atoms with Crippen molar-refractivity contribution in [2.75, 3.05) is 11.9 Å². The van der Waals surface area contributed by atoms with Gasteiger partial charge in [0.2, 0.25) is 5.91 Å². The van der Waals surface area contributed by atoms with E-state index in [1.165, 1.54) is 12.1 Å². The Bertz CT molecular complexity index is 656. The normalized spacial score (nSPS) is 21.0. The van der Waals surface area contributed by atoms with Gasteiger partial charge in [-0.3, -0.25) is 19.7 Å². The monoisotopic (exact) mass is 304 g/mol. The smallest absolute Gasteiger partial charge is 0.270 e. The van der Waals surface area contributed by atoms with Crippen LogP contribution in [0.25, 0.3) is 0 Å². The largest absolute Gasteiger partial charge is 0.379 e. The topological polar surface area (TPSA) is 119 Å². The van der Waals surface area contributed by atoms with Gasteiger partial charge in [0.05, 0.1) is 16.5 Å². The number of anilines is 1. The summed E-state index contributed by atoms with van der Waals surface area (Å²) >= 11 is 0. The van der Waals surface area contributed by atoms with Crippen molar-refractivity contribution in [3.63, 3.8) is 0 Å². The maximum Gasteiger partial charge on any atom is 0.270 e. The summed E-state index contributed by atoms with van der Waals surface area (Å²) in [6.45, 7) is 0.582. The number of rotatable bonds is 5. The summed E-state index contributed by atoms with van der Waals surface area (Å²) in [5.74, 6) is -0.642. The average Bonchev–Trinajstić information content (AvgIpc) is 3.23. The van der Waals surface area contributed by atoms with E-state index in [2.05, 4.69) is 5.32 Å². The van der Waals surface area contributed by atoms with Crippen LogP contribution in [0, 0.1) is 10.1 Å². The lowest BCUT2D eigenvalue weighted by Gasteiger charge is -2.18. The van der Waals surface area contributed by atoms with E-state index in [9.17, 15) is 19.7 Å². The zero-order chi connectivity index (χ0) is 15.9. The van der Waals surface area contributed by atoms with Crippen molar-refractivity contribution in [2.45, 2.75) is 31.3 Å². The number of nitro benzene ring substituents is 1. The quantitative estimate of drug-likeness (QED) is 0.618. The van der Waals surface area contributed by atoms with Crippen LogP contribution in [0.3, 0.4) is 0 Å². The first-order valence-corrected chi connectivity index (χ1v) is 7.10. The summed E-state index contributed by atoms with van der Waals surface area (Å²) in [6, 6.07) is 4.16. The molecule has 3 N–H and O–H groups in total. The maximum absolute atomic E-state index is 11.9. The second-order valence-corrected chi connectivity index (χ2v) is 5.67. The van der Waals surface area contributed by atoms with E-state index >= 15 is 0 Å². The van der Waals surface area contributed by atoms with Crippen molar-refractivity contribution < 1.29 is 14.5 Å². The molecular weight excluding hydrogens is 288 g/mol. The number of carbonyl (C=O) groups excluding carboxylic acids is 2. The number of benzene rings is 1. The summed E-state index contributed by atoms with van der Waals surface area (Å²) in [5.41, 5.74) is 5.58. The third-order valence-corrected chi connectivity index (χ3v) is 3.99. The summed E-state index contributed by atoms with van der Waals surface area (Å²) in [6.07, 6.45) is 2.44. The minimum Gasteiger partial charge on any atom is -0.379 e. The Kier molecular flexibility index (Phi) is 3.44. The van der Waals surface area contributed by atoms with Gasteiger partial charge in [-0.25, -0.2) is 0 Å². The number of nitrogens with zero attached hydrogens (tertiary/aromatic N) is 2. The number of hydrogen-bond donors (Lipinski definition) is 2. The van der Waals surface area contributed by atoms with E-state index in [0.717, 1.165) is 18.9 Å². The van der Waals surface area contributed by atoms with Gasteiger partial charge in [0.25, 0.3) is 11.6 Å². The molecule has 1 aliphatic heterocycles. The van der Waals surface area contributed by atoms with E-state index in [4.69, 9.17) is 5.73 Å². The molecule has 1 unspecified atom stereocenters. The Balaban J connectivity index is 1.78. The van der Waals surface area contributed by atoms with Crippen LogP contribution >= 0.6 is 0 Å². The van der Waals surface area contributed by atoms with Gasteiger partial charge in [0, 0.05) is 36.8 Å². The first-order chi connectivity index (χ1) is 10.5. The van der Waals surface area contributed by atoms with E-state index < -0.39 is 10.8 Å². The Morgan fingerprint density at radius 3 is 2.73 bits per heavy atom. The molecule has 1 heterocycles. The van der Waals surface area contributed by atoms with Crippen LogP contribution in [0.15, 0.2) is 18.2 Å². The Hall–Kier alpha value is -2.64. The first kappa shape index (κ1) is 14.3. The Morgan fingerprint density at radius 2 is 2.14 bits per heavy atom. The number of nitrogens with one attached hydrogen (secondary N) is 1. The van der Waals surface area contributed by atoms with Crippen LogP contribution in [-0.4, -0.2) is 40.3 Å². The van der Waals surface area contributed by atoms with Crippen molar-refractivity contribution in [1.82, 2.24) is 4.90 Å². The van der Waals surface area contributed by atoms with Gasteiger partial charge in [0.1, 0.15) is 0 Å². The van der Waals surface area contributed by atoms with Crippen molar-refractivity contribution >= 4 is 23.2 Å². The van der Waals surface area contributed by atoms with Gasteiger partial charge in [-0.15, -0.1) is 0 Å². The highest BCUT2D eigenvalue weighted by Crippen LogP contribution is 2.32. The fraction of sp³-hybridized carbons (Fsp3) is 0.429. The maximum atomic E-state index is 11.9. The van der Waals surface area contributed by atoms with Gasteiger partial charge >= 0.3 is 0 Å². The first-order valence-electron chi connectivity index (χ1n) is 7.10. The zero-order valence-corrected chi connectivity index (χ0v) is 11.8. The number of likely N-dealkylation sites (tertiary alicyclic amines) is 1. The summed E-state index contributed by atoms with van der Waals surface area (Å²) in [7, 11) is 0. The average molecular weight is 304 g/mol. The van der Waals surface area contributed by atoms with Crippen LogP contribution in [0.1, 0.15) is 29.6 Å². The van der Waals surface area contributed by atoms with Crippen LogP contribution in [0.2, 0.25) is 0 Å². The molecule has 2 fully saturated rings. The minimum absolute atomic E-state index is 0.0616. The van der Waals surface area contributed by atoms with Gasteiger partial charge < -0.3 is 16.0 Å². The zero-order valence-electron chi connectivity index (χ0n) is 11.8. The second-order valence-electron chi connectivity index (χ2n) is 5.67. The molecule has 1 aromatic carbocycles. The molecule has 0 aromatic heterocycles. The number of nitrogens with two attached hydrogens (primary N) is 1. The molecule has 116 valence electrons. The molecule has 1 aliphatic carbocycles. The molecule has 0 radical (unpaired) electrons. The van der Waals surface area contributed by atoms with Crippen LogP contribution in [0.4, 0.5) is 11.4 Å². The van der Waals surface area contributed by atoms with Crippen molar-refractivity contribution in [3.05, 3.63) is 33.9 Å². The fourth-order valence-electron chi connectivity index (χ4n) is 2.76. The van der Waals surface area contributed by atoms with Crippen LogP contribution in [0.5, 0.6) is 0 Å². The lowest BCUT2D eigenvalue weighted by molar-refractivity contribution is -0.384. The van der Waals surface area contributed by atoms with Crippen molar-refractivity contribution in [2.24, 2.45) is 5.73 Å². The number of nitro groups is 1. The predicted octanol–water partition coefficient (Wildman–Crippen LogP) is 0.869. The molecule has 1 saturated heterocycles. The van der Waals surface area contributed by atoms with Gasteiger partial charge in [-0.2, -0.15) is 0 Å². The van der Waals surface area contributed by atoms with E-state index in [1.54, 1.807) is 0 Å². The number of amides is 2. The Labute approximate surface area is 126 Å². The molecule has 1 aromatic rings.